The molecule has 1 unspecified atom stereocenters. The number of rotatable bonds is 7. The monoisotopic (exact) mass is 264 g/mol. The van der Waals surface area contributed by atoms with Crippen LogP contribution in [0, 0.1) is 0 Å². The summed E-state index contributed by atoms with van der Waals surface area (Å²) in [5.74, 6) is 0. The summed E-state index contributed by atoms with van der Waals surface area (Å²) in [6, 6.07) is 8.05. The zero-order chi connectivity index (χ0) is 14.1. The number of hydrogen-bond donors (Lipinski definition) is 2. The molecule has 0 aliphatic heterocycles. The van der Waals surface area contributed by atoms with Gasteiger partial charge in [-0.25, -0.2) is 4.79 Å². The molecule has 19 heavy (non-hydrogen) atoms. The fourth-order valence-corrected chi connectivity index (χ4v) is 1.98. The molecule has 2 amide bonds. The predicted molar refractivity (Wildman–Crippen MR) is 76.9 cm³/mol. The van der Waals surface area contributed by atoms with Gasteiger partial charge in [-0.15, -0.1) is 0 Å². The van der Waals surface area contributed by atoms with Crippen LogP contribution in [0.5, 0.6) is 0 Å². The number of carbonyl (C=O) groups is 1. The standard InChI is InChI=1S/C15H24N2O2/c1-4-7-12(2)17-15(18)16-10-13-8-5-6-9-14(13)11-19-3/h5-6,8-9,12H,4,7,10-11H2,1-3H3,(H2,16,17,18). The Balaban J connectivity index is 2.45. The van der Waals surface area contributed by atoms with Crippen molar-refractivity contribution in [1.29, 1.82) is 0 Å². The van der Waals surface area contributed by atoms with Gasteiger partial charge in [0.2, 0.25) is 0 Å². The third-order valence-electron chi connectivity index (χ3n) is 2.96. The molecule has 0 saturated heterocycles. The SMILES string of the molecule is CCCC(C)NC(=O)NCc1ccccc1COC. The Morgan fingerprint density at radius 3 is 2.63 bits per heavy atom. The van der Waals surface area contributed by atoms with Gasteiger partial charge in [0, 0.05) is 19.7 Å². The van der Waals surface area contributed by atoms with Gasteiger partial charge in [0.1, 0.15) is 0 Å². The summed E-state index contributed by atoms with van der Waals surface area (Å²) >= 11 is 0. The van der Waals surface area contributed by atoms with Crippen molar-refractivity contribution in [3.05, 3.63) is 35.4 Å². The number of amides is 2. The molecule has 0 aromatic heterocycles. The number of nitrogens with one attached hydrogen (secondary N) is 2. The van der Waals surface area contributed by atoms with Gasteiger partial charge in [0.25, 0.3) is 0 Å². The van der Waals surface area contributed by atoms with E-state index in [1.165, 1.54) is 0 Å². The van der Waals surface area contributed by atoms with Gasteiger partial charge in [-0.2, -0.15) is 0 Å². The van der Waals surface area contributed by atoms with Crippen LogP contribution in [-0.4, -0.2) is 19.2 Å². The van der Waals surface area contributed by atoms with Crippen molar-refractivity contribution in [2.24, 2.45) is 0 Å². The number of methoxy groups -OCH3 is 1. The molecule has 0 saturated carbocycles. The van der Waals surface area contributed by atoms with Crippen LogP contribution in [0.4, 0.5) is 4.79 Å². The van der Waals surface area contributed by atoms with Crippen molar-refractivity contribution in [2.45, 2.75) is 45.9 Å². The van der Waals surface area contributed by atoms with Crippen LogP contribution in [0.1, 0.15) is 37.8 Å². The summed E-state index contributed by atoms with van der Waals surface area (Å²) in [5.41, 5.74) is 2.19. The predicted octanol–water partition coefficient (Wildman–Crippen LogP) is 2.82. The Morgan fingerprint density at radius 1 is 1.32 bits per heavy atom. The minimum Gasteiger partial charge on any atom is -0.380 e. The molecule has 1 aromatic carbocycles. The van der Waals surface area contributed by atoms with E-state index in [1.807, 2.05) is 31.2 Å². The number of carbonyl (C=O) groups excluding carboxylic acids is 1. The highest BCUT2D eigenvalue weighted by atomic mass is 16.5. The first-order valence-corrected chi connectivity index (χ1v) is 6.77. The summed E-state index contributed by atoms with van der Waals surface area (Å²) in [6.45, 7) is 5.20. The summed E-state index contributed by atoms with van der Waals surface area (Å²) < 4.78 is 5.14. The maximum Gasteiger partial charge on any atom is 0.315 e. The minimum atomic E-state index is -0.117. The van der Waals surface area contributed by atoms with Crippen molar-refractivity contribution in [3.63, 3.8) is 0 Å². The van der Waals surface area contributed by atoms with Gasteiger partial charge in [0.15, 0.2) is 0 Å². The van der Waals surface area contributed by atoms with Gasteiger partial charge in [0.05, 0.1) is 6.61 Å². The van der Waals surface area contributed by atoms with Crippen LogP contribution < -0.4 is 10.6 Å². The lowest BCUT2D eigenvalue weighted by molar-refractivity contribution is 0.184. The first-order chi connectivity index (χ1) is 9.17. The second-order valence-corrected chi connectivity index (χ2v) is 4.72. The molecule has 0 aliphatic rings. The fraction of sp³-hybridized carbons (Fsp3) is 0.533. The third-order valence-corrected chi connectivity index (χ3v) is 2.96. The fourth-order valence-electron chi connectivity index (χ4n) is 1.98. The third kappa shape index (κ3) is 5.75. The van der Waals surface area contributed by atoms with Gasteiger partial charge in [-0.3, -0.25) is 0 Å². The van der Waals surface area contributed by atoms with Crippen LogP contribution in [0.15, 0.2) is 24.3 Å². The van der Waals surface area contributed by atoms with Gasteiger partial charge in [-0.05, 0) is 24.5 Å². The van der Waals surface area contributed by atoms with Gasteiger partial charge >= 0.3 is 6.03 Å². The van der Waals surface area contributed by atoms with E-state index in [0.717, 1.165) is 24.0 Å². The van der Waals surface area contributed by atoms with E-state index in [9.17, 15) is 4.79 Å². The molecule has 0 spiro atoms. The van der Waals surface area contributed by atoms with E-state index in [1.54, 1.807) is 7.11 Å². The lowest BCUT2D eigenvalue weighted by Crippen LogP contribution is -2.40. The zero-order valence-corrected chi connectivity index (χ0v) is 12.0. The Labute approximate surface area is 115 Å². The summed E-state index contributed by atoms with van der Waals surface area (Å²) in [5, 5.41) is 5.80. The molecule has 4 nitrogen and oxygen atoms in total. The Bertz CT molecular complexity index is 393. The number of urea groups is 1. The molecule has 1 atom stereocenters. The molecule has 4 heteroatoms. The maximum atomic E-state index is 11.7. The molecular formula is C15H24N2O2. The first-order valence-electron chi connectivity index (χ1n) is 6.77. The highest BCUT2D eigenvalue weighted by Gasteiger charge is 2.07. The van der Waals surface area contributed by atoms with E-state index in [2.05, 4.69) is 17.6 Å². The topological polar surface area (TPSA) is 50.4 Å². The van der Waals surface area contributed by atoms with E-state index in [-0.39, 0.29) is 12.1 Å². The zero-order valence-electron chi connectivity index (χ0n) is 12.0. The summed E-state index contributed by atoms with van der Waals surface area (Å²) in [4.78, 5) is 11.7. The van der Waals surface area contributed by atoms with Crippen molar-refractivity contribution in [2.75, 3.05) is 7.11 Å². The average molecular weight is 264 g/mol. The average Bonchev–Trinajstić information content (AvgIpc) is 2.38. The normalized spacial score (nSPS) is 11.9. The smallest absolute Gasteiger partial charge is 0.315 e. The van der Waals surface area contributed by atoms with Crippen LogP contribution in [-0.2, 0) is 17.9 Å². The number of hydrogen-bond acceptors (Lipinski definition) is 2. The molecule has 0 heterocycles. The highest BCUT2D eigenvalue weighted by Crippen LogP contribution is 2.09. The molecule has 0 aliphatic carbocycles. The molecule has 0 bridgehead atoms. The quantitative estimate of drug-likeness (QED) is 0.795. The Hall–Kier alpha value is -1.55. The molecule has 2 N–H and O–H groups in total. The van der Waals surface area contributed by atoms with E-state index < -0.39 is 0 Å². The van der Waals surface area contributed by atoms with Crippen LogP contribution in [0.25, 0.3) is 0 Å². The number of benzene rings is 1. The van der Waals surface area contributed by atoms with Crippen molar-refractivity contribution >= 4 is 6.03 Å². The van der Waals surface area contributed by atoms with Crippen molar-refractivity contribution in [3.8, 4) is 0 Å². The second kappa shape index (κ2) is 8.53. The molecule has 1 aromatic rings. The van der Waals surface area contributed by atoms with Crippen molar-refractivity contribution in [1.82, 2.24) is 10.6 Å². The molecule has 106 valence electrons. The largest absolute Gasteiger partial charge is 0.380 e. The van der Waals surface area contributed by atoms with Crippen LogP contribution in [0.3, 0.4) is 0 Å². The van der Waals surface area contributed by atoms with Crippen LogP contribution in [0.2, 0.25) is 0 Å². The van der Waals surface area contributed by atoms with E-state index in [4.69, 9.17) is 4.74 Å². The van der Waals surface area contributed by atoms with Crippen molar-refractivity contribution < 1.29 is 9.53 Å². The molecule has 0 fully saturated rings. The number of ether oxygens (including phenoxy) is 1. The summed E-state index contributed by atoms with van der Waals surface area (Å²) in [6.07, 6.45) is 2.06. The first kappa shape index (κ1) is 15.5. The minimum absolute atomic E-state index is 0.117. The van der Waals surface area contributed by atoms with E-state index in [0.29, 0.717) is 13.2 Å². The Kier molecular flexibility index (Phi) is 6.97. The lowest BCUT2D eigenvalue weighted by Gasteiger charge is -2.14. The summed E-state index contributed by atoms with van der Waals surface area (Å²) in [7, 11) is 1.67. The second-order valence-electron chi connectivity index (χ2n) is 4.72. The molecular weight excluding hydrogens is 240 g/mol. The van der Waals surface area contributed by atoms with Crippen LogP contribution >= 0.6 is 0 Å². The Morgan fingerprint density at radius 2 is 2.00 bits per heavy atom. The molecule has 0 radical (unpaired) electrons. The van der Waals surface area contributed by atoms with E-state index >= 15 is 0 Å². The van der Waals surface area contributed by atoms with Gasteiger partial charge < -0.3 is 15.4 Å². The van der Waals surface area contributed by atoms with Gasteiger partial charge in [-0.1, -0.05) is 37.6 Å². The lowest BCUT2D eigenvalue weighted by atomic mass is 10.1. The maximum absolute atomic E-state index is 11.7. The highest BCUT2D eigenvalue weighted by molar-refractivity contribution is 5.74. The molecule has 1 rings (SSSR count).